The number of hydrogen-bond acceptors (Lipinski definition) is 4. The number of ether oxygens (including phenoxy) is 2. The van der Waals surface area contributed by atoms with Gasteiger partial charge >= 0.3 is 239 Å². The van der Waals surface area contributed by atoms with Gasteiger partial charge in [-0.05, 0) is 0 Å². The van der Waals surface area contributed by atoms with E-state index in [4.69, 9.17) is 37.4 Å². The molecule has 0 bridgehead atoms. The van der Waals surface area contributed by atoms with Crippen LogP contribution in [0.2, 0.25) is 0 Å². The summed E-state index contributed by atoms with van der Waals surface area (Å²) < 4.78 is 11.3. The van der Waals surface area contributed by atoms with Crippen LogP contribution >= 0.6 is 28.8 Å². The zero-order valence-electron chi connectivity index (χ0n) is 21.2. The quantitative estimate of drug-likeness (QED) is 0.0902. The van der Waals surface area contributed by atoms with Crippen LogP contribution < -0.4 is 25.4 Å². The first kappa shape index (κ1) is 28.6. The summed E-state index contributed by atoms with van der Waals surface area (Å²) in [7, 11) is 0. The van der Waals surface area contributed by atoms with E-state index < -0.39 is 18.5 Å². The molecule has 0 radical (unpaired) electrons. The number of carboxylic acid groups (broad SMARTS) is 1. The number of Topliss-reactive ketones (excluding diaryl/α,β-unsaturated/α-hetero) is 1. The Morgan fingerprint density at radius 3 is 1.72 bits per heavy atom. The third-order valence-corrected chi connectivity index (χ3v) is 13.9. The fourth-order valence-corrected chi connectivity index (χ4v) is 10.6. The van der Waals surface area contributed by atoms with Gasteiger partial charge in [-0.2, -0.15) is 0 Å². The maximum atomic E-state index is 14.3. The number of benzene rings is 4. The van der Waals surface area contributed by atoms with Crippen LogP contribution in [0.15, 0.2) is 109 Å². The number of halogens is 2. The van der Waals surface area contributed by atoms with Crippen molar-refractivity contribution in [2.45, 2.75) is 6.42 Å². The predicted octanol–water partition coefficient (Wildman–Crippen LogP) is 6.02. The van der Waals surface area contributed by atoms with Gasteiger partial charge in [-0.1, -0.05) is 0 Å². The van der Waals surface area contributed by atoms with Crippen LogP contribution in [0.3, 0.4) is 0 Å². The molecule has 0 amide bonds. The second-order valence-corrected chi connectivity index (χ2v) is 15.8. The van der Waals surface area contributed by atoms with Gasteiger partial charge < -0.3 is 0 Å². The van der Waals surface area contributed by atoms with Crippen molar-refractivity contribution in [2.24, 2.45) is 0 Å². The summed E-state index contributed by atoms with van der Waals surface area (Å²) >= 11 is 13.9. The van der Waals surface area contributed by atoms with Crippen LogP contribution in [0.5, 0.6) is 11.5 Å². The molecular weight excluding hydrogens is 554 g/mol. The van der Waals surface area contributed by atoms with Gasteiger partial charge in [0.1, 0.15) is 0 Å². The van der Waals surface area contributed by atoms with E-state index in [9.17, 15) is 9.59 Å². The van der Waals surface area contributed by atoms with Gasteiger partial charge in [0.25, 0.3) is 0 Å². The molecule has 0 aromatic heterocycles. The van der Waals surface area contributed by atoms with E-state index in [1.54, 1.807) is 18.2 Å². The Morgan fingerprint density at radius 1 is 0.744 bits per heavy atom. The standard InChI is InChI=1S/C31H29Cl2O5P/c32-19-10-20-37-30-21-24(38-22-31(35)36)17-18-28(30)29(34)23-39(33,25-11-4-1-5-12-25,26-13-6-2-7-14-26)27-15-8-3-9-16-27/h1-9,11-18,21H,10,19-20,22-23H2,(H,35,36). The Kier molecular flexibility index (Phi) is 9.29. The summed E-state index contributed by atoms with van der Waals surface area (Å²) in [5, 5.41) is 11.6. The summed E-state index contributed by atoms with van der Waals surface area (Å²) in [6.45, 7) is -0.227. The van der Waals surface area contributed by atoms with Gasteiger partial charge in [0, 0.05) is 0 Å². The first-order valence-corrected chi connectivity index (χ1v) is 16.3. The average Bonchev–Trinajstić information content (AvgIpc) is 2.97. The number of carboxylic acids is 1. The Bertz CT molecular complexity index is 1320. The molecule has 0 heterocycles. The molecule has 0 aliphatic rings. The first-order chi connectivity index (χ1) is 18.9. The minimum atomic E-state index is -3.86. The Hall–Kier alpha value is -3.37. The minimum absolute atomic E-state index is 0.00634. The van der Waals surface area contributed by atoms with Crippen molar-refractivity contribution in [1.82, 2.24) is 0 Å². The molecular formula is C31H29Cl2O5P. The van der Waals surface area contributed by atoms with Crippen LogP contribution in [0.1, 0.15) is 16.8 Å². The number of hydrogen-bond donors (Lipinski definition) is 1. The molecule has 0 saturated heterocycles. The van der Waals surface area contributed by atoms with E-state index in [2.05, 4.69) is 0 Å². The third-order valence-electron chi connectivity index (χ3n) is 6.48. The van der Waals surface area contributed by atoms with Gasteiger partial charge in [-0.25, -0.2) is 0 Å². The van der Waals surface area contributed by atoms with Crippen molar-refractivity contribution >= 4 is 56.5 Å². The Balaban J connectivity index is 1.88. The number of alkyl halides is 1. The summed E-state index contributed by atoms with van der Waals surface area (Å²) in [6.07, 6.45) is 0.578. The van der Waals surface area contributed by atoms with Gasteiger partial charge in [0.15, 0.2) is 0 Å². The molecule has 0 fully saturated rings. The molecule has 0 saturated carbocycles. The summed E-state index contributed by atoms with van der Waals surface area (Å²) in [4.78, 5) is 25.3. The zero-order chi connectivity index (χ0) is 27.7. The van der Waals surface area contributed by atoms with Crippen LogP contribution in [0.4, 0.5) is 0 Å². The van der Waals surface area contributed by atoms with Crippen molar-refractivity contribution in [3.8, 4) is 11.5 Å². The van der Waals surface area contributed by atoms with E-state index in [-0.39, 0.29) is 24.3 Å². The molecule has 0 aliphatic carbocycles. The molecule has 4 aromatic rings. The Labute approximate surface area is 238 Å². The van der Waals surface area contributed by atoms with Crippen molar-refractivity contribution in [3.05, 3.63) is 115 Å². The Morgan fingerprint density at radius 2 is 1.26 bits per heavy atom. The fraction of sp³-hybridized carbons (Fsp3) is 0.161. The summed E-state index contributed by atoms with van der Waals surface area (Å²) in [5.41, 5.74) is 0.338. The van der Waals surface area contributed by atoms with Crippen LogP contribution in [0, 0.1) is 0 Å². The third kappa shape index (κ3) is 6.12. The molecule has 1 N–H and O–H groups in total. The molecule has 4 aromatic carbocycles. The van der Waals surface area contributed by atoms with Gasteiger partial charge in [0.05, 0.1) is 0 Å². The second-order valence-electron chi connectivity index (χ2n) is 9.00. The number of carbonyl (C=O) groups excluding carboxylic acids is 1. The molecule has 5 nitrogen and oxygen atoms in total. The topological polar surface area (TPSA) is 72.8 Å². The number of rotatable bonds is 13. The van der Waals surface area contributed by atoms with E-state index in [1.165, 1.54) is 0 Å². The van der Waals surface area contributed by atoms with E-state index in [0.29, 0.717) is 23.6 Å². The van der Waals surface area contributed by atoms with Gasteiger partial charge in [-0.3, -0.25) is 0 Å². The molecule has 8 heteroatoms. The summed E-state index contributed by atoms with van der Waals surface area (Å²) in [5.74, 6) is -4.19. The van der Waals surface area contributed by atoms with Crippen molar-refractivity contribution in [2.75, 3.05) is 25.3 Å². The number of aliphatic carboxylic acids is 1. The molecule has 4 rings (SSSR count). The average molecular weight is 583 g/mol. The zero-order valence-corrected chi connectivity index (χ0v) is 23.6. The maximum absolute atomic E-state index is 14.3. The number of carbonyl (C=O) groups is 2. The van der Waals surface area contributed by atoms with Gasteiger partial charge in [-0.15, -0.1) is 0 Å². The molecule has 0 atom stereocenters. The SMILES string of the molecule is O=C(O)COc1ccc(C(=O)CP(Cl)(c2ccccc2)(c2ccccc2)c2ccccc2)c(OCCCCl)c1. The molecule has 39 heavy (non-hydrogen) atoms. The van der Waals surface area contributed by atoms with Crippen LogP contribution in [-0.4, -0.2) is 42.1 Å². The monoisotopic (exact) mass is 582 g/mol. The summed E-state index contributed by atoms with van der Waals surface area (Å²) in [6, 6.07) is 34.0. The molecule has 202 valence electrons. The van der Waals surface area contributed by atoms with E-state index in [1.807, 2.05) is 91.0 Å². The normalized spacial score (nSPS) is 12.2. The first-order valence-electron chi connectivity index (χ1n) is 12.5. The van der Waals surface area contributed by atoms with Crippen molar-refractivity contribution < 1.29 is 24.2 Å². The molecule has 0 spiro atoms. The van der Waals surface area contributed by atoms with E-state index in [0.717, 1.165) is 15.9 Å². The number of ketones is 1. The van der Waals surface area contributed by atoms with Crippen molar-refractivity contribution in [1.29, 1.82) is 0 Å². The van der Waals surface area contributed by atoms with Crippen LogP contribution in [0.25, 0.3) is 0 Å². The van der Waals surface area contributed by atoms with Gasteiger partial charge in [0.2, 0.25) is 0 Å². The second kappa shape index (κ2) is 12.7. The van der Waals surface area contributed by atoms with Crippen molar-refractivity contribution in [3.63, 3.8) is 0 Å². The predicted molar refractivity (Wildman–Crippen MR) is 161 cm³/mol. The fourth-order valence-electron chi connectivity index (χ4n) is 4.62. The molecule has 0 aliphatic heterocycles. The van der Waals surface area contributed by atoms with Crippen LogP contribution in [-0.2, 0) is 4.79 Å². The molecule has 0 unspecified atom stereocenters. The van der Waals surface area contributed by atoms with E-state index >= 15 is 0 Å².